The summed E-state index contributed by atoms with van der Waals surface area (Å²) in [5.74, 6) is 0.875. The fourth-order valence-electron chi connectivity index (χ4n) is 7.06. The first-order valence-corrected chi connectivity index (χ1v) is 19.6. The van der Waals surface area contributed by atoms with Gasteiger partial charge in [0, 0.05) is 60.2 Å². The van der Waals surface area contributed by atoms with Crippen LogP contribution in [0, 0.1) is 6.92 Å². The number of rotatable bonds is 16. The van der Waals surface area contributed by atoms with Gasteiger partial charge in [-0.2, -0.15) is 5.10 Å². The van der Waals surface area contributed by atoms with Crippen LogP contribution in [-0.2, 0) is 27.4 Å². The largest absolute Gasteiger partial charge is 0.383 e. The molecule has 2 aromatic carbocycles. The van der Waals surface area contributed by atoms with Crippen molar-refractivity contribution in [1.29, 1.82) is 0 Å². The maximum absolute atomic E-state index is 13.1. The van der Waals surface area contributed by atoms with E-state index >= 15 is 0 Å². The van der Waals surface area contributed by atoms with Gasteiger partial charge in [0.2, 0.25) is 5.91 Å². The molecule has 5 N–H and O–H groups in total. The van der Waals surface area contributed by atoms with Crippen LogP contribution in [0.4, 0.5) is 17.3 Å². The fraction of sp³-hybridized carbons (Fsp3) is 0.425. The Labute approximate surface area is 335 Å². The van der Waals surface area contributed by atoms with Crippen LogP contribution >= 0.6 is 11.6 Å². The van der Waals surface area contributed by atoms with Crippen molar-refractivity contribution in [2.24, 2.45) is 0 Å². The van der Waals surface area contributed by atoms with Crippen LogP contribution in [0.2, 0.25) is 5.02 Å². The number of amides is 1. The number of nitrogens with two attached hydrogens (primary N) is 1. The Morgan fingerprint density at radius 3 is 2.68 bits per heavy atom. The number of halogens is 1. The van der Waals surface area contributed by atoms with Gasteiger partial charge in [0.15, 0.2) is 5.82 Å². The highest BCUT2D eigenvalue weighted by Crippen LogP contribution is 2.33. The molecule has 7 rings (SSSR count). The van der Waals surface area contributed by atoms with Gasteiger partial charge in [-0.05, 0) is 63.3 Å². The molecule has 16 nitrogen and oxygen atoms in total. The van der Waals surface area contributed by atoms with Crippen LogP contribution in [0.3, 0.4) is 0 Å². The number of nitrogens with zero attached hydrogens (tertiary/aromatic N) is 8. The smallest absolute Gasteiger partial charge is 0.275 e. The van der Waals surface area contributed by atoms with E-state index in [-0.39, 0.29) is 17.0 Å². The zero-order valence-electron chi connectivity index (χ0n) is 32.3. The number of carbonyl (C=O) groups excluding carboxylic acids is 1. The van der Waals surface area contributed by atoms with Crippen LogP contribution in [0.5, 0.6) is 0 Å². The third kappa shape index (κ3) is 9.59. The number of ether oxygens (including phenoxy) is 2. The molecule has 2 saturated heterocycles. The molecule has 0 spiro atoms. The summed E-state index contributed by atoms with van der Waals surface area (Å²) in [6, 6.07) is 10.6. The number of aryl methyl sites for hydroxylation is 1. The Balaban J connectivity index is 0.762. The number of aromatic nitrogens is 7. The molecule has 5 heterocycles. The van der Waals surface area contributed by atoms with Crippen molar-refractivity contribution in [2.75, 3.05) is 62.0 Å². The highest BCUT2D eigenvalue weighted by Gasteiger charge is 2.31. The molecule has 1 amide bonds. The standard InChI is InChI=1S/C40H49ClN12O4/c1-26-5-4-6-32(35(26)41)36-37(42)48-34(24-44-36)51-14-11-40(3,12-15-51)45-23-30-25-52(50-49-30)16-18-57-20-19-56-17-13-43-29-8-9-31-28(21-29)22-46-53(39(31)55)33-10-7-27(2)47-38(33)54/h4-6,8-9,21-22,24-25,33,43,45H,2,7,10-20,23H2,1,3H3,(H2,42,48)(H,47,54). The average Bonchev–Trinajstić information content (AvgIpc) is 3.66. The minimum atomic E-state index is -0.638. The molecule has 0 radical (unpaired) electrons. The second-order valence-corrected chi connectivity index (χ2v) is 15.1. The summed E-state index contributed by atoms with van der Waals surface area (Å²) in [4.78, 5) is 37.0. The number of anilines is 3. The molecular weight excluding hydrogens is 748 g/mol. The number of nitrogens with one attached hydrogen (secondary N) is 3. The molecule has 3 aromatic heterocycles. The molecular formula is C40H49ClN12O4. The van der Waals surface area contributed by atoms with Crippen LogP contribution < -0.4 is 32.1 Å². The van der Waals surface area contributed by atoms with E-state index < -0.39 is 6.04 Å². The maximum atomic E-state index is 13.1. The van der Waals surface area contributed by atoms with Crippen molar-refractivity contribution in [2.45, 2.75) is 64.2 Å². The summed E-state index contributed by atoms with van der Waals surface area (Å²) in [6.45, 7) is 13.3. The number of piperidine rings is 2. The number of hydrogen-bond donors (Lipinski definition) is 4. The van der Waals surface area contributed by atoms with Gasteiger partial charge in [-0.1, -0.05) is 41.6 Å². The Morgan fingerprint density at radius 2 is 1.89 bits per heavy atom. The maximum Gasteiger partial charge on any atom is 0.275 e. The van der Waals surface area contributed by atoms with Crippen molar-refractivity contribution < 1.29 is 14.3 Å². The lowest BCUT2D eigenvalue weighted by molar-refractivity contribution is -0.125. The van der Waals surface area contributed by atoms with Gasteiger partial charge < -0.3 is 36.1 Å². The Morgan fingerprint density at radius 1 is 1.09 bits per heavy atom. The van der Waals surface area contributed by atoms with E-state index in [1.807, 2.05) is 43.5 Å². The summed E-state index contributed by atoms with van der Waals surface area (Å²) >= 11 is 6.52. The first-order chi connectivity index (χ1) is 27.6. The zero-order valence-corrected chi connectivity index (χ0v) is 33.1. The van der Waals surface area contributed by atoms with Gasteiger partial charge in [0.05, 0.1) is 61.5 Å². The molecule has 0 aliphatic carbocycles. The second kappa shape index (κ2) is 17.8. The lowest BCUT2D eigenvalue weighted by atomic mass is 9.89. The van der Waals surface area contributed by atoms with Crippen LogP contribution in [-0.4, -0.2) is 92.3 Å². The summed E-state index contributed by atoms with van der Waals surface area (Å²) in [6.07, 6.45) is 8.30. The van der Waals surface area contributed by atoms with Crippen LogP contribution in [0.1, 0.15) is 49.9 Å². The van der Waals surface area contributed by atoms with Gasteiger partial charge in [0.25, 0.3) is 5.56 Å². The van der Waals surface area contributed by atoms with Crippen molar-refractivity contribution in [1.82, 2.24) is 45.4 Å². The van der Waals surface area contributed by atoms with Gasteiger partial charge in [-0.15, -0.1) is 5.10 Å². The van der Waals surface area contributed by atoms with E-state index in [1.54, 1.807) is 23.1 Å². The monoisotopic (exact) mass is 796 g/mol. The first-order valence-electron chi connectivity index (χ1n) is 19.2. The van der Waals surface area contributed by atoms with E-state index in [4.69, 9.17) is 26.8 Å². The lowest BCUT2D eigenvalue weighted by Gasteiger charge is -2.40. The minimum absolute atomic E-state index is 0.0574. The molecule has 2 aliphatic rings. The quantitative estimate of drug-likeness (QED) is 0.104. The third-order valence-electron chi connectivity index (χ3n) is 10.5. The molecule has 57 heavy (non-hydrogen) atoms. The second-order valence-electron chi connectivity index (χ2n) is 14.8. The predicted octanol–water partition coefficient (Wildman–Crippen LogP) is 4.25. The third-order valence-corrected chi connectivity index (χ3v) is 11.0. The highest BCUT2D eigenvalue weighted by molar-refractivity contribution is 6.34. The predicted molar refractivity (Wildman–Crippen MR) is 220 cm³/mol. The van der Waals surface area contributed by atoms with E-state index in [2.05, 4.69) is 59.7 Å². The molecule has 2 fully saturated rings. The summed E-state index contributed by atoms with van der Waals surface area (Å²) in [5, 5.41) is 24.5. The summed E-state index contributed by atoms with van der Waals surface area (Å²) in [5.41, 5.74) is 10.7. The first kappa shape index (κ1) is 39.8. The Bertz CT molecular complexity index is 2290. The summed E-state index contributed by atoms with van der Waals surface area (Å²) in [7, 11) is 0. The van der Waals surface area contributed by atoms with Crippen molar-refractivity contribution in [3.05, 3.63) is 93.9 Å². The van der Waals surface area contributed by atoms with Crippen LogP contribution in [0.15, 0.2) is 72.1 Å². The molecule has 1 atom stereocenters. The minimum Gasteiger partial charge on any atom is -0.383 e. The molecule has 17 heteroatoms. The number of hydrogen-bond acceptors (Lipinski definition) is 13. The fourth-order valence-corrected chi connectivity index (χ4v) is 7.28. The van der Waals surface area contributed by atoms with Gasteiger partial charge in [-0.3, -0.25) is 9.59 Å². The van der Waals surface area contributed by atoms with Crippen molar-refractivity contribution >= 4 is 45.6 Å². The van der Waals surface area contributed by atoms with Gasteiger partial charge >= 0.3 is 0 Å². The Hall–Kier alpha value is -5.42. The molecule has 1 unspecified atom stereocenters. The normalized spacial score (nSPS) is 16.9. The molecule has 5 aromatic rings. The van der Waals surface area contributed by atoms with E-state index in [0.29, 0.717) is 91.9 Å². The molecule has 2 aliphatic heterocycles. The Kier molecular flexibility index (Phi) is 12.4. The number of nitrogen functional groups attached to an aromatic ring is 1. The molecule has 0 bridgehead atoms. The molecule has 300 valence electrons. The average molecular weight is 797 g/mol. The zero-order chi connectivity index (χ0) is 39.9. The van der Waals surface area contributed by atoms with E-state index in [1.165, 1.54) is 4.68 Å². The van der Waals surface area contributed by atoms with Crippen LogP contribution in [0.25, 0.3) is 22.0 Å². The van der Waals surface area contributed by atoms with E-state index in [0.717, 1.165) is 54.3 Å². The number of fused-ring (bicyclic) bond motifs is 1. The lowest BCUT2D eigenvalue weighted by Crippen LogP contribution is -2.51. The highest BCUT2D eigenvalue weighted by atomic mass is 35.5. The number of carbonyl (C=O) groups is 1. The van der Waals surface area contributed by atoms with Gasteiger partial charge in [-0.25, -0.2) is 19.3 Å². The van der Waals surface area contributed by atoms with Crippen molar-refractivity contribution in [3.8, 4) is 11.3 Å². The van der Waals surface area contributed by atoms with Crippen molar-refractivity contribution in [3.63, 3.8) is 0 Å². The SMILES string of the molecule is C=C1CCC(n2ncc3cc(NCCOCCOCCn4cc(CNC5(C)CCN(c6cnc(-c7cccc(C)c7Cl)c(N)n6)CC5)nn4)ccc3c2=O)C(=O)N1. The topological polar surface area (TPSA) is 192 Å². The number of allylic oxidation sites excluding steroid dienone is 1. The van der Waals surface area contributed by atoms with Gasteiger partial charge in [0.1, 0.15) is 17.6 Å². The van der Waals surface area contributed by atoms with E-state index in [9.17, 15) is 9.59 Å². The molecule has 0 saturated carbocycles. The number of benzene rings is 2. The summed E-state index contributed by atoms with van der Waals surface area (Å²) < 4.78 is 14.5.